The lowest BCUT2D eigenvalue weighted by Crippen LogP contribution is -2.53. The molecule has 3 rings (SSSR count). The molecule has 0 amide bonds. The quantitative estimate of drug-likeness (QED) is 0.687. The highest BCUT2D eigenvalue weighted by Crippen LogP contribution is 2.30. The molecule has 0 N–H and O–H groups in total. The topological polar surface area (TPSA) is 43.9 Å². The molecular weight excluding hydrogens is 396 g/mol. The van der Waals surface area contributed by atoms with Crippen LogP contribution in [-0.4, -0.2) is 61.2 Å². The minimum atomic E-state index is -3.47. The molecule has 158 valence electrons. The van der Waals surface area contributed by atoms with Gasteiger partial charge in [-0.15, -0.1) is 0 Å². The summed E-state index contributed by atoms with van der Waals surface area (Å²) >= 11 is 0. The molecular formula is C21H27F2N3O2S. The first-order valence-electron chi connectivity index (χ1n) is 9.87. The molecule has 1 aliphatic heterocycles. The van der Waals surface area contributed by atoms with E-state index in [1.54, 1.807) is 24.3 Å². The number of piperazine rings is 1. The maximum absolute atomic E-state index is 13.4. The van der Waals surface area contributed by atoms with Crippen LogP contribution in [0.4, 0.5) is 8.78 Å². The summed E-state index contributed by atoms with van der Waals surface area (Å²) in [6.45, 7) is 6.34. The fourth-order valence-electron chi connectivity index (χ4n) is 3.81. The number of hydrogen-bond acceptors (Lipinski definition) is 3. The Bertz CT molecular complexity index is 847. The summed E-state index contributed by atoms with van der Waals surface area (Å²) in [5, 5.41) is 0. The van der Waals surface area contributed by atoms with Crippen LogP contribution in [0, 0.1) is 11.6 Å². The van der Waals surface area contributed by atoms with Crippen LogP contribution in [0.15, 0.2) is 48.5 Å². The van der Waals surface area contributed by atoms with Crippen molar-refractivity contribution < 1.29 is 17.2 Å². The third-order valence-corrected chi connectivity index (χ3v) is 7.55. The fourth-order valence-corrected chi connectivity index (χ4v) is 5.41. The average Bonchev–Trinajstić information content (AvgIpc) is 2.72. The van der Waals surface area contributed by atoms with Gasteiger partial charge in [-0.1, -0.05) is 38.1 Å². The number of rotatable bonds is 7. The Hall–Kier alpha value is -1.87. The summed E-state index contributed by atoms with van der Waals surface area (Å²) < 4.78 is 55.4. The molecule has 0 aromatic heterocycles. The van der Waals surface area contributed by atoms with Crippen molar-refractivity contribution in [3.05, 3.63) is 71.3 Å². The van der Waals surface area contributed by atoms with E-state index in [1.807, 2.05) is 13.8 Å². The first-order chi connectivity index (χ1) is 13.9. The Balaban J connectivity index is 1.83. The highest BCUT2D eigenvalue weighted by atomic mass is 32.2. The van der Waals surface area contributed by atoms with Crippen molar-refractivity contribution in [3.63, 3.8) is 0 Å². The van der Waals surface area contributed by atoms with Gasteiger partial charge in [0.15, 0.2) is 0 Å². The average molecular weight is 424 g/mol. The summed E-state index contributed by atoms with van der Waals surface area (Å²) in [5.41, 5.74) is 1.77. The zero-order chi connectivity index (χ0) is 21.0. The summed E-state index contributed by atoms with van der Waals surface area (Å²) in [6.07, 6.45) is 0. The molecule has 0 aliphatic carbocycles. The van der Waals surface area contributed by atoms with Crippen LogP contribution in [0.3, 0.4) is 0 Å². The van der Waals surface area contributed by atoms with E-state index in [2.05, 4.69) is 4.90 Å². The number of benzene rings is 2. The van der Waals surface area contributed by atoms with Gasteiger partial charge in [0.05, 0.1) is 6.04 Å². The van der Waals surface area contributed by atoms with Crippen molar-refractivity contribution in [1.29, 1.82) is 0 Å². The third kappa shape index (κ3) is 4.83. The lowest BCUT2D eigenvalue weighted by molar-refractivity contribution is 0.151. The zero-order valence-electron chi connectivity index (χ0n) is 16.8. The van der Waals surface area contributed by atoms with Crippen molar-refractivity contribution >= 4 is 10.2 Å². The molecule has 2 aromatic carbocycles. The van der Waals surface area contributed by atoms with E-state index in [9.17, 15) is 17.2 Å². The standard InChI is InChI=1S/C21H27F2N3O2S/c1-3-25(4-2)29(27,28)26-15-13-24(14-16-26)21(17-5-9-19(22)10-6-17)18-7-11-20(23)12-8-18/h5-12,21H,3-4,13-16H2,1-2H3. The highest BCUT2D eigenvalue weighted by Gasteiger charge is 2.33. The van der Waals surface area contributed by atoms with Crippen molar-refractivity contribution in [2.45, 2.75) is 19.9 Å². The van der Waals surface area contributed by atoms with Gasteiger partial charge in [-0.2, -0.15) is 17.0 Å². The summed E-state index contributed by atoms with van der Waals surface area (Å²) in [5.74, 6) is -0.636. The van der Waals surface area contributed by atoms with Crippen molar-refractivity contribution in [1.82, 2.24) is 13.5 Å². The second kappa shape index (κ2) is 9.30. The van der Waals surface area contributed by atoms with E-state index in [0.717, 1.165) is 11.1 Å². The Morgan fingerprint density at radius 3 is 1.62 bits per heavy atom. The molecule has 0 radical (unpaired) electrons. The van der Waals surface area contributed by atoms with Crippen LogP contribution >= 0.6 is 0 Å². The lowest BCUT2D eigenvalue weighted by atomic mass is 9.96. The van der Waals surface area contributed by atoms with Crippen molar-refractivity contribution in [2.75, 3.05) is 39.3 Å². The largest absolute Gasteiger partial charge is 0.290 e. The number of halogens is 2. The molecule has 0 unspecified atom stereocenters. The van der Waals surface area contributed by atoms with Crippen LogP contribution in [0.2, 0.25) is 0 Å². The maximum Gasteiger partial charge on any atom is 0.282 e. The molecule has 29 heavy (non-hydrogen) atoms. The molecule has 5 nitrogen and oxygen atoms in total. The van der Waals surface area contributed by atoms with Gasteiger partial charge >= 0.3 is 0 Å². The lowest BCUT2D eigenvalue weighted by Gasteiger charge is -2.40. The van der Waals surface area contributed by atoms with Gasteiger partial charge in [-0.05, 0) is 35.4 Å². The van der Waals surface area contributed by atoms with Gasteiger partial charge in [0.1, 0.15) is 11.6 Å². The van der Waals surface area contributed by atoms with E-state index in [4.69, 9.17) is 0 Å². The molecule has 0 bridgehead atoms. The summed E-state index contributed by atoms with van der Waals surface area (Å²) in [4.78, 5) is 2.16. The highest BCUT2D eigenvalue weighted by molar-refractivity contribution is 7.86. The zero-order valence-corrected chi connectivity index (χ0v) is 17.6. The first-order valence-corrected chi connectivity index (χ1v) is 11.3. The molecule has 1 saturated heterocycles. The van der Waals surface area contributed by atoms with E-state index in [0.29, 0.717) is 39.3 Å². The molecule has 2 aromatic rings. The van der Waals surface area contributed by atoms with Crippen LogP contribution in [0.5, 0.6) is 0 Å². The van der Waals surface area contributed by atoms with Crippen LogP contribution in [-0.2, 0) is 10.2 Å². The molecule has 8 heteroatoms. The third-order valence-electron chi connectivity index (χ3n) is 5.37. The first kappa shape index (κ1) is 21.8. The van der Waals surface area contributed by atoms with E-state index in [-0.39, 0.29) is 17.7 Å². The fraction of sp³-hybridized carbons (Fsp3) is 0.429. The van der Waals surface area contributed by atoms with Crippen molar-refractivity contribution in [2.24, 2.45) is 0 Å². The Kier molecular flexibility index (Phi) is 7.00. The van der Waals surface area contributed by atoms with Crippen molar-refractivity contribution in [3.8, 4) is 0 Å². The molecule has 1 aliphatic rings. The number of nitrogens with zero attached hydrogens (tertiary/aromatic N) is 3. The minimum Gasteiger partial charge on any atom is -0.290 e. The second-order valence-electron chi connectivity index (χ2n) is 7.03. The minimum absolute atomic E-state index is 0.200. The maximum atomic E-state index is 13.4. The second-order valence-corrected chi connectivity index (χ2v) is 8.96. The smallest absolute Gasteiger partial charge is 0.282 e. The monoisotopic (exact) mass is 423 g/mol. The van der Waals surface area contributed by atoms with Gasteiger partial charge in [-0.3, -0.25) is 4.90 Å². The van der Waals surface area contributed by atoms with Crippen LogP contribution in [0.1, 0.15) is 31.0 Å². The van der Waals surface area contributed by atoms with E-state index < -0.39 is 10.2 Å². The number of hydrogen-bond donors (Lipinski definition) is 0. The van der Waals surface area contributed by atoms with E-state index in [1.165, 1.54) is 32.9 Å². The molecule has 1 heterocycles. The summed E-state index contributed by atoms with van der Waals surface area (Å²) in [7, 11) is -3.47. The normalized spacial score (nSPS) is 16.6. The molecule has 0 saturated carbocycles. The SMILES string of the molecule is CCN(CC)S(=O)(=O)N1CCN(C(c2ccc(F)cc2)c2ccc(F)cc2)CC1. The van der Waals surface area contributed by atoms with Gasteiger partial charge in [0.2, 0.25) is 0 Å². The van der Waals surface area contributed by atoms with Gasteiger partial charge < -0.3 is 0 Å². The van der Waals surface area contributed by atoms with Crippen LogP contribution in [0.25, 0.3) is 0 Å². The summed E-state index contributed by atoms with van der Waals surface area (Å²) in [6, 6.07) is 12.3. The van der Waals surface area contributed by atoms with Gasteiger partial charge in [0, 0.05) is 39.3 Å². The Morgan fingerprint density at radius 1 is 0.828 bits per heavy atom. The van der Waals surface area contributed by atoms with E-state index >= 15 is 0 Å². The Morgan fingerprint density at radius 2 is 1.24 bits per heavy atom. The van der Waals surface area contributed by atoms with Crippen LogP contribution < -0.4 is 0 Å². The molecule has 0 atom stereocenters. The Labute approximate surface area is 171 Å². The molecule has 1 fully saturated rings. The molecule has 0 spiro atoms. The predicted molar refractivity (Wildman–Crippen MR) is 110 cm³/mol. The predicted octanol–water partition coefficient (Wildman–Crippen LogP) is 3.26. The van der Waals surface area contributed by atoms with Gasteiger partial charge in [0.25, 0.3) is 10.2 Å². The van der Waals surface area contributed by atoms with Gasteiger partial charge in [-0.25, -0.2) is 8.78 Å².